The maximum Gasteiger partial charge on any atom is 0.305 e. The molecule has 0 unspecified atom stereocenters. The lowest BCUT2D eigenvalue weighted by molar-refractivity contribution is -0.144. The van der Waals surface area contributed by atoms with Crippen molar-refractivity contribution < 1.29 is 19.1 Å². The van der Waals surface area contributed by atoms with E-state index >= 15 is 0 Å². The predicted molar refractivity (Wildman–Crippen MR) is 203 cm³/mol. The first kappa shape index (κ1) is 45.4. The number of hydrogen-bond acceptors (Lipinski definition) is 5. The summed E-state index contributed by atoms with van der Waals surface area (Å²) in [7, 11) is 4.33. The lowest BCUT2D eigenvalue weighted by Gasteiger charge is -2.17. The predicted octanol–water partition coefficient (Wildman–Crippen LogP) is 12.3. The van der Waals surface area contributed by atoms with Crippen molar-refractivity contribution >= 4 is 11.9 Å². The normalized spacial score (nSPS) is 11.9. The molecule has 0 aromatic heterocycles. The fourth-order valence-corrected chi connectivity index (χ4v) is 6.06. The Morgan fingerprint density at radius 1 is 0.489 bits per heavy atom. The van der Waals surface area contributed by atoms with Gasteiger partial charge < -0.3 is 14.4 Å². The Bertz CT molecular complexity index is 680. The largest absolute Gasteiger partial charge is 0.465 e. The highest BCUT2D eigenvalue weighted by Crippen LogP contribution is 2.24. The van der Waals surface area contributed by atoms with Crippen molar-refractivity contribution in [3.8, 4) is 0 Å². The van der Waals surface area contributed by atoms with Crippen LogP contribution >= 0.6 is 0 Å². The molecule has 0 atom stereocenters. The number of unbranched alkanes of at least 4 members (excludes halogenated alkanes) is 16. The number of nitrogens with zero attached hydrogens (tertiary/aromatic N) is 1. The average Bonchev–Trinajstić information content (AvgIpc) is 3.05. The molecule has 0 aromatic carbocycles. The van der Waals surface area contributed by atoms with Crippen molar-refractivity contribution in [2.75, 3.05) is 33.9 Å². The Hall–Kier alpha value is -1.62. The average molecular weight is 662 g/mol. The number of rotatable bonds is 36. The summed E-state index contributed by atoms with van der Waals surface area (Å²) in [6.07, 6.45) is 41.3. The van der Waals surface area contributed by atoms with Crippen molar-refractivity contribution in [1.29, 1.82) is 0 Å². The van der Waals surface area contributed by atoms with Crippen LogP contribution in [0.2, 0.25) is 0 Å². The first-order chi connectivity index (χ1) is 23.0. The van der Waals surface area contributed by atoms with Crippen molar-refractivity contribution in [2.24, 2.45) is 5.92 Å². The second-order valence-electron chi connectivity index (χ2n) is 14.1. The van der Waals surface area contributed by atoms with Crippen LogP contribution in [-0.4, -0.2) is 50.7 Å². The van der Waals surface area contributed by atoms with Gasteiger partial charge in [0.1, 0.15) is 0 Å². The molecule has 47 heavy (non-hydrogen) atoms. The van der Waals surface area contributed by atoms with Gasteiger partial charge in [0, 0.05) is 12.8 Å². The van der Waals surface area contributed by atoms with Gasteiger partial charge in [-0.15, -0.1) is 0 Å². The third-order valence-corrected chi connectivity index (χ3v) is 9.08. The standard InChI is InChI=1S/C42H79NO4/c1-5-7-9-11-13-21-30-38-46-41(44)35-27-19-15-17-24-32-40(34-26-23-29-37-43(3)4)33-25-18-16-20-28-36-42(45)47-39-31-22-14-12-10-8-6-2/h13-14,21-22,40H,5-12,15-20,23-39H2,1-4H3/b21-13-,22-14-. The van der Waals surface area contributed by atoms with Crippen LogP contribution in [0.1, 0.15) is 194 Å². The van der Waals surface area contributed by atoms with E-state index in [1.165, 1.54) is 122 Å². The topological polar surface area (TPSA) is 55.8 Å². The zero-order valence-electron chi connectivity index (χ0n) is 31.9. The zero-order valence-corrected chi connectivity index (χ0v) is 31.9. The number of ether oxygens (including phenoxy) is 2. The monoisotopic (exact) mass is 662 g/mol. The minimum Gasteiger partial charge on any atom is -0.465 e. The van der Waals surface area contributed by atoms with Gasteiger partial charge in [-0.1, -0.05) is 147 Å². The Morgan fingerprint density at radius 2 is 0.872 bits per heavy atom. The van der Waals surface area contributed by atoms with E-state index in [1.54, 1.807) is 0 Å². The quantitative estimate of drug-likeness (QED) is 0.0380. The highest BCUT2D eigenvalue weighted by atomic mass is 16.5. The summed E-state index contributed by atoms with van der Waals surface area (Å²) in [6.45, 7) is 6.68. The van der Waals surface area contributed by atoms with Gasteiger partial charge >= 0.3 is 11.9 Å². The van der Waals surface area contributed by atoms with Gasteiger partial charge in [0.15, 0.2) is 0 Å². The molecular formula is C42H79NO4. The van der Waals surface area contributed by atoms with Crippen LogP contribution in [0.15, 0.2) is 24.3 Å². The number of allylic oxidation sites excluding steroid dienone is 2. The minimum atomic E-state index is -0.0323. The van der Waals surface area contributed by atoms with E-state index in [2.05, 4.69) is 57.1 Å². The third kappa shape index (κ3) is 37.1. The van der Waals surface area contributed by atoms with E-state index in [0.717, 1.165) is 57.3 Å². The molecule has 0 aliphatic carbocycles. The Balaban J connectivity index is 3.98. The summed E-state index contributed by atoms with van der Waals surface area (Å²) < 4.78 is 10.8. The molecule has 0 amide bonds. The van der Waals surface area contributed by atoms with Crippen molar-refractivity contribution in [2.45, 2.75) is 194 Å². The number of carbonyl (C=O) groups excluding carboxylic acids is 2. The fourth-order valence-electron chi connectivity index (χ4n) is 6.06. The molecule has 0 saturated carbocycles. The Morgan fingerprint density at radius 3 is 1.30 bits per heavy atom. The van der Waals surface area contributed by atoms with E-state index in [9.17, 15) is 9.59 Å². The summed E-state index contributed by atoms with van der Waals surface area (Å²) >= 11 is 0. The van der Waals surface area contributed by atoms with Crippen LogP contribution in [0.25, 0.3) is 0 Å². The number of carbonyl (C=O) groups is 2. The molecule has 5 heteroatoms. The zero-order chi connectivity index (χ0) is 34.5. The molecule has 5 nitrogen and oxygen atoms in total. The van der Waals surface area contributed by atoms with Gasteiger partial charge in [-0.25, -0.2) is 0 Å². The molecule has 0 aliphatic heterocycles. The summed E-state index contributed by atoms with van der Waals surface area (Å²) in [5.41, 5.74) is 0. The van der Waals surface area contributed by atoms with Crippen LogP contribution < -0.4 is 0 Å². The number of hydrogen-bond donors (Lipinski definition) is 0. The first-order valence-electron chi connectivity index (χ1n) is 20.3. The second-order valence-corrected chi connectivity index (χ2v) is 14.1. The maximum atomic E-state index is 12.0. The molecule has 0 heterocycles. The molecule has 0 N–H and O–H groups in total. The molecule has 0 spiro atoms. The fraction of sp³-hybridized carbons (Fsp3) is 0.857. The Kier molecular flexibility index (Phi) is 35.9. The maximum absolute atomic E-state index is 12.0. The van der Waals surface area contributed by atoms with Crippen LogP contribution in [0.3, 0.4) is 0 Å². The molecule has 0 radical (unpaired) electrons. The van der Waals surface area contributed by atoms with Gasteiger partial charge in [0.2, 0.25) is 0 Å². The van der Waals surface area contributed by atoms with E-state index in [0.29, 0.717) is 26.1 Å². The highest BCUT2D eigenvalue weighted by molar-refractivity contribution is 5.69. The van der Waals surface area contributed by atoms with Crippen molar-refractivity contribution in [3.63, 3.8) is 0 Å². The second kappa shape index (κ2) is 37.2. The van der Waals surface area contributed by atoms with Gasteiger partial charge in [0.25, 0.3) is 0 Å². The molecule has 0 aromatic rings. The highest BCUT2D eigenvalue weighted by Gasteiger charge is 2.10. The van der Waals surface area contributed by atoms with Crippen molar-refractivity contribution in [3.05, 3.63) is 24.3 Å². The molecule has 276 valence electrons. The van der Waals surface area contributed by atoms with Crippen LogP contribution in [-0.2, 0) is 19.1 Å². The molecule has 0 bridgehead atoms. The summed E-state index contributed by atoms with van der Waals surface area (Å²) in [5.74, 6) is 0.783. The van der Waals surface area contributed by atoms with Crippen molar-refractivity contribution in [1.82, 2.24) is 4.90 Å². The van der Waals surface area contributed by atoms with Gasteiger partial charge in [-0.2, -0.15) is 0 Å². The lowest BCUT2D eigenvalue weighted by Crippen LogP contribution is -2.12. The SMILES string of the molecule is CCCCC/C=C\CCOC(=O)CCCCCCCC(CCCCCCCC(=O)OCC/C=C\CCCCC)CCCCCN(C)C. The van der Waals surface area contributed by atoms with Gasteiger partial charge in [-0.05, 0) is 84.3 Å². The molecule has 0 fully saturated rings. The van der Waals surface area contributed by atoms with Crippen LogP contribution in [0, 0.1) is 5.92 Å². The summed E-state index contributed by atoms with van der Waals surface area (Å²) in [4.78, 5) is 26.3. The van der Waals surface area contributed by atoms with E-state index in [1.807, 2.05) is 0 Å². The van der Waals surface area contributed by atoms with Crippen LogP contribution in [0.4, 0.5) is 0 Å². The molecule has 0 saturated heterocycles. The molecular weight excluding hydrogens is 582 g/mol. The smallest absolute Gasteiger partial charge is 0.305 e. The van der Waals surface area contributed by atoms with Gasteiger partial charge in [0.05, 0.1) is 13.2 Å². The summed E-state index contributed by atoms with van der Waals surface area (Å²) in [5, 5.41) is 0. The Labute approximate surface area is 293 Å². The first-order valence-corrected chi connectivity index (χ1v) is 20.3. The third-order valence-electron chi connectivity index (χ3n) is 9.08. The lowest BCUT2D eigenvalue weighted by atomic mass is 9.89. The molecule has 0 rings (SSSR count). The molecule has 0 aliphatic rings. The van der Waals surface area contributed by atoms with Gasteiger partial charge in [-0.3, -0.25) is 9.59 Å². The minimum absolute atomic E-state index is 0.0323. The number of esters is 2. The van der Waals surface area contributed by atoms with E-state index in [4.69, 9.17) is 9.47 Å². The summed E-state index contributed by atoms with van der Waals surface area (Å²) in [6, 6.07) is 0. The van der Waals surface area contributed by atoms with Crippen LogP contribution in [0.5, 0.6) is 0 Å². The van der Waals surface area contributed by atoms with E-state index in [-0.39, 0.29) is 11.9 Å². The van der Waals surface area contributed by atoms with E-state index < -0.39 is 0 Å².